The van der Waals surface area contributed by atoms with Crippen LogP contribution in [0.5, 0.6) is 23.0 Å². The zero-order valence-electron chi connectivity index (χ0n) is 17.0. The van der Waals surface area contributed by atoms with Gasteiger partial charge in [0.1, 0.15) is 23.0 Å². The topological polar surface area (TPSA) is 86.9 Å². The van der Waals surface area contributed by atoms with Crippen molar-refractivity contribution in [1.29, 1.82) is 0 Å². The van der Waals surface area contributed by atoms with E-state index in [1.165, 1.54) is 31.6 Å². The third-order valence-corrected chi connectivity index (χ3v) is 5.21. The largest absolute Gasteiger partial charge is 0.497 e. The van der Waals surface area contributed by atoms with E-state index >= 15 is 0 Å². The smallest absolute Gasteiger partial charge is 0.266 e. The van der Waals surface area contributed by atoms with Gasteiger partial charge in [0.25, 0.3) is 5.56 Å². The number of hydrogen-bond acceptors (Lipinski definition) is 7. The van der Waals surface area contributed by atoms with Crippen molar-refractivity contribution in [3.8, 4) is 23.0 Å². The first-order valence-electron chi connectivity index (χ1n) is 8.88. The van der Waals surface area contributed by atoms with E-state index in [1.807, 2.05) is 0 Å². The maximum absolute atomic E-state index is 12.7. The lowest BCUT2D eigenvalue weighted by molar-refractivity contribution is 0.106. The van der Waals surface area contributed by atoms with Gasteiger partial charge < -0.3 is 23.9 Å². The molecule has 3 rings (SSSR count). The van der Waals surface area contributed by atoms with Crippen LogP contribution in [0.3, 0.4) is 0 Å². The van der Waals surface area contributed by atoms with Crippen LogP contribution < -0.4 is 33.7 Å². The maximum atomic E-state index is 12.7. The van der Waals surface area contributed by atoms with Gasteiger partial charge >= 0.3 is 0 Å². The summed E-state index contributed by atoms with van der Waals surface area (Å²) in [4.78, 5) is 27.7. The van der Waals surface area contributed by atoms with Crippen molar-refractivity contribution in [3.63, 3.8) is 0 Å². The first-order chi connectivity index (χ1) is 14.4. The van der Waals surface area contributed by atoms with Crippen LogP contribution in [0.2, 0.25) is 0 Å². The number of rotatable bonds is 7. The van der Waals surface area contributed by atoms with Crippen LogP contribution in [0.15, 0.2) is 41.2 Å². The number of Topliss-reactive ketones (excluding diaryl/α,β-unsaturated/α-hetero) is 1. The number of carbonyl (C=O) groups excluding carboxylic acids is 1. The lowest BCUT2D eigenvalue weighted by Gasteiger charge is -2.06. The summed E-state index contributed by atoms with van der Waals surface area (Å²) in [5.74, 6) is 1.96. The summed E-state index contributed by atoms with van der Waals surface area (Å²) in [6.45, 7) is 0. The second-order valence-corrected chi connectivity index (χ2v) is 7.27. The Bertz CT molecular complexity index is 1200. The van der Waals surface area contributed by atoms with Crippen LogP contribution in [-0.2, 0) is 0 Å². The minimum absolute atomic E-state index is 0.278. The number of H-pyrrole nitrogens is 1. The van der Waals surface area contributed by atoms with Crippen LogP contribution in [0.4, 0.5) is 0 Å². The fraction of sp³-hybridized carbons (Fsp3) is 0.182. The van der Waals surface area contributed by atoms with E-state index in [9.17, 15) is 9.59 Å². The Labute approximate surface area is 176 Å². The van der Waals surface area contributed by atoms with Crippen molar-refractivity contribution in [3.05, 3.63) is 67.1 Å². The third kappa shape index (κ3) is 4.90. The number of hydrogen-bond donors (Lipinski definition) is 1. The Hall–Kier alpha value is -3.52. The average molecular weight is 427 g/mol. The molecule has 0 saturated carbocycles. The lowest BCUT2D eigenvalue weighted by atomic mass is 10.1. The Balaban J connectivity index is 2.00. The van der Waals surface area contributed by atoms with Gasteiger partial charge in [-0.3, -0.25) is 9.59 Å². The fourth-order valence-corrected chi connectivity index (χ4v) is 3.63. The molecule has 30 heavy (non-hydrogen) atoms. The molecule has 0 radical (unpaired) electrons. The molecule has 7 nitrogen and oxygen atoms in total. The molecule has 8 heteroatoms. The summed E-state index contributed by atoms with van der Waals surface area (Å²) in [7, 11) is 6.14. The summed E-state index contributed by atoms with van der Waals surface area (Å²) >= 11 is 1.18. The highest BCUT2D eigenvalue weighted by Gasteiger charge is 2.09. The molecule has 0 aliphatic rings. The first-order valence-corrected chi connectivity index (χ1v) is 9.70. The highest BCUT2D eigenvalue weighted by atomic mass is 32.1. The van der Waals surface area contributed by atoms with Crippen LogP contribution in [0.25, 0.3) is 12.2 Å². The van der Waals surface area contributed by atoms with Crippen molar-refractivity contribution in [1.82, 2.24) is 4.98 Å². The monoisotopic (exact) mass is 427 g/mol. The molecule has 3 aromatic rings. The Morgan fingerprint density at radius 1 is 0.833 bits per heavy atom. The normalized spacial score (nSPS) is 12.0. The van der Waals surface area contributed by atoms with Gasteiger partial charge in [0, 0.05) is 23.8 Å². The molecule has 1 N–H and O–H groups in total. The molecule has 1 aromatic heterocycles. The summed E-state index contributed by atoms with van der Waals surface area (Å²) in [6, 6.07) is 10.2. The number of methoxy groups -OCH3 is 4. The fourth-order valence-electron chi connectivity index (χ4n) is 2.74. The van der Waals surface area contributed by atoms with Gasteiger partial charge in [-0.15, -0.1) is 11.3 Å². The molecule has 1 heterocycles. The molecule has 156 valence electrons. The van der Waals surface area contributed by atoms with Gasteiger partial charge in [0.2, 0.25) is 0 Å². The van der Waals surface area contributed by atoms with Gasteiger partial charge in [-0.05, 0) is 35.9 Å². The van der Waals surface area contributed by atoms with E-state index < -0.39 is 0 Å². The molecule has 0 aliphatic carbocycles. The summed E-state index contributed by atoms with van der Waals surface area (Å²) in [5, 5.41) is 0. The third-order valence-electron chi connectivity index (χ3n) is 4.25. The van der Waals surface area contributed by atoms with Gasteiger partial charge in [-0.25, -0.2) is 0 Å². The molecule has 0 aliphatic heterocycles. The van der Waals surface area contributed by atoms with Crippen molar-refractivity contribution >= 4 is 29.3 Å². The van der Waals surface area contributed by atoms with E-state index in [-0.39, 0.29) is 11.3 Å². The second kappa shape index (κ2) is 9.32. The first kappa shape index (κ1) is 21.2. The number of benzene rings is 2. The number of ether oxygens (including phenoxy) is 4. The Kier molecular flexibility index (Phi) is 6.58. The highest BCUT2D eigenvalue weighted by molar-refractivity contribution is 7.07. The minimum Gasteiger partial charge on any atom is -0.497 e. The van der Waals surface area contributed by atoms with Gasteiger partial charge in [0.15, 0.2) is 5.78 Å². The molecular weight excluding hydrogens is 406 g/mol. The van der Waals surface area contributed by atoms with Crippen LogP contribution in [-0.4, -0.2) is 39.2 Å². The summed E-state index contributed by atoms with van der Waals surface area (Å²) in [6.07, 6.45) is 3.09. The Morgan fingerprint density at radius 2 is 1.33 bits per heavy atom. The summed E-state index contributed by atoms with van der Waals surface area (Å²) in [5.41, 5.74) is 0.849. The SMILES string of the molecule is COc1cc(C=c2sc(=CC(=O)c3cc(OC)cc(OC)c3)[nH]c2=O)cc(OC)c1. The molecule has 0 amide bonds. The van der Waals surface area contributed by atoms with E-state index in [0.717, 1.165) is 5.56 Å². The molecule has 0 saturated heterocycles. The van der Waals surface area contributed by atoms with Crippen LogP contribution in [0.1, 0.15) is 15.9 Å². The van der Waals surface area contributed by atoms with Crippen LogP contribution in [0, 0.1) is 0 Å². The van der Waals surface area contributed by atoms with Crippen molar-refractivity contribution in [2.75, 3.05) is 28.4 Å². The highest BCUT2D eigenvalue weighted by Crippen LogP contribution is 2.23. The minimum atomic E-state index is -0.288. The molecule has 0 bridgehead atoms. The number of ketones is 1. The van der Waals surface area contributed by atoms with E-state index in [1.54, 1.807) is 56.7 Å². The quantitative estimate of drug-likeness (QED) is 0.580. The molecular formula is C22H21NO6S. The van der Waals surface area contributed by atoms with Crippen molar-refractivity contribution < 1.29 is 23.7 Å². The molecule has 0 atom stereocenters. The molecule has 0 fully saturated rings. The average Bonchev–Trinajstić information content (AvgIpc) is 3.11. The molecule has 0 spiro atoms. The zero-order valence-corrected chi connectivity index (χ0v) is 17.8. The van der Waals surface area contributed by atoms with Gasteiger partial charge in [0.05, 0.1) is 37.6 Å². The zero-order chi connectivity index (χ0) is 21.7. The standard InChI is InChI=1S/C22H21NO6S/c1-26-15-5-13(6-16(10-15)27-2)7-20-22(25)23-21(30-20)12-19(24)14-8-17(28-3)11-18(9-14)29-4/h5-12H,1-4H3,(H,23,25). The second-order valence-electron chi connectivity index (χ2n) is 6.18. The van der Waals surface area contributed by atoms with E-state index in [4.69, 9.17) is 18.9 Å². The number of nitrogens with one attached hydrogen (secondary N) is 1. The number of thiazole rings is 1. The Morgan fingerprint density at radius 3 is 1.83 bits per heavy atom. The molecule has 0 unspecified atom stereocenters. The predicted octanol–water partition coefficient (Wildman–Crippen LogP) is 1.96. The van der Waals surface area contributed by atoms with E-state index in [0.29, 0.717) is 37.8 Å². The number of aromatic amines is 1. The lowest BCUT2D eigenvalue weighted by Crippen LogP contribution is -2.20. The van der Waals surface area contributed by atoms with Crippen LogP contribution >= 0.6 is 11.3 Å². The summed E-state index contributed by atoms with van der Waals surface area (Å²) < 4.78 is 21.8. The number of carbonyl (C=O) groups is 1. The molecule has 2 aromatic carbocycles. The maximum Gasteiger partial charge on any atom is 0.266 e. The predicted molar refractivity (Wildman–Crippen MR) is 116 cm³/mol. The van der Waals surface area contributed by atoms with Crippen molar-refractivity contribution in [2.24, 2.45) is 0 Å². The van der Waals surface area contributed by atoms with Gasteiger partial charge in [-0.1, -0.05) is 0 Å². The number of aromatic nitrogens is 1. The van der Waals surface area contributed by atoms with E-state index in [2.05, 4.69) is 4.98 Å². The van der Waals surface area contributed by atoms with Gasteiger partial charge in [-0.2, -0.15) is 0 Å². The van der Waals surface area contributed by atoms with Crippen molar-refractivity contribution in [2.45, 2.75) is 0 Å².